The second-order valence-corrected chi connectivity index (χ2v) is 5.94. The normalized spacial score (nSPS) is 24.0. The summed E-state index contributed by atoms with van der Waals surface area (Å²) in [6, 6.07) is 20.0. The van der Waals surface area contributed by atoms with Crippen molar-refractivity contribution in [3.05, 3.63) is 77.9 Å². The van der Waals surface area contributed by atoms with E-state index in [1.54, 1.807) is 7.11 Å². The molecule has 1 amide bonds. The van der Waals surface area contributed by atoms with Gasteiger partial charge in [0.05, 0.1) is 6.04 Å². The minimum atomic E-state index is -0.778. The van der Waals surface area contributed by atoms with Crippen molar-refractivity contribution in [2.24, 2.45) is 0 Å². The number of hydrogen-bond donors (Lipinski definition) is 0. The number of methoxy groups -OCH3 is 1. The van der Waals surface area contributed by atoms with E-state index in [2.05, 4.69) is 6.08 Å². The minimum Gasteiger partial charge on any atom is -0.366 e. The second-order valence-electron chi connectivity index (χ2n) is 5.94. The number of nitrogens with zero attached hydrogens (tertiary/aromatic N) is 1. The highest BCUT2D eigenvalue weighted by atomic mass is 16.5. The van der Waals surface area contributed by atoms with E-state index in [0.717, 1.165) is 11.1 Å². The quantitative estimate of drug-likeness (QED) is 0.791. The number of benzene rings is 2. The third-order valence-corrected chi connectivity index (χ3v) is 4.48. The molecule has 2 aromatic rings. The molecule has 1 heterocycles. The maximum Gasteiger partial charge on any atom is 0.257 e. The Bertz CT molecular complexity index is 696. The van der Waals surface area contributed by atoms with Gasteiger partial charge in [-0.15, -0.1) is 0 Å². The topological polar surface area (TPSA) is 29.5 Å². The van der Waals surface area contributed by atoms with Gasteiger partial charge in [0.2, 0.25) is 0 Å². The minimum absolute atomic E-state index is 0.0339. The van der Waals surface area contributed by atoms with E-state index in [1.807, 2.05) is 78.6 Å². The first-order chi connectivity index (χ1) is 11.1. The Morgan fingerprint density at radius 1 is 1.09 bits per heavy atom. The van der Waals surface area contributed by atoms with Crippen LogP contribution in [0.5, 0.6) is 0 Å². The van der Waals surface area contributed by atoms with Crippen molar-refractivity contribution < 1.29 is 9.53 Å². The Balaban J connectivity index is 1.81. The SMILES string of the molecule is CO[C@@]1(C)C(=O)N(Cc2ccccc2)[C@H]1/C=C/c1ccccc1. The van der Waals surface area contributed by atoms with Gasteiger partial charge >= 0.3 is 0 Å². The predicted molar refractivity (Wildman–Crippen MR) is 91.7 cm³/mol. The lowest BCUT2D eigenvalue weighted by Gasteiger charge is -2.52. The lowest BCUT2D eigenvalue weighted by Crippen LogP contribution is -2.72. The predicted octanol–water partition coefficient (Wildman–Crippen LogP) is 3.52. The molecule has 1 aliphatic rings. The molecule has 3 heteroatoms. The van der Waals surface area contributed by atoms with Crippen LogP contribution in [0.4, 0.5) is 0 Å². The fourth-order valence-corrected chi connectivity index (χ4v) is 2.98. The van der Waals surface area contributed by atoms with Crippen LogP contribution in [0.2, 0.25) is 0 Å². The maximum absolute atomic E-state index is 12.5. The summed E-state index contributed by atoms with van der Waals surface area (Å²) in [7, 11) is 1.60. The van der Waals surface area contributed by atoms with E-state index >= 15 is 0 Å². The van der Waals surface area contributed by atoms with E-state index in [9.17, 15) is 4.79 Å². The number of hydrogen-bond acceptors (Lipinski definition) is 2. The van der Waals surface area contributed by atoms with E-state index in [1.165, 1.54) is 0 Å². The molecule has 0 N–H and O–H groups in total. The summed E-state index contributed by atoms with van der Waals surface area (Å²) < 4.78 is 5.51. The summed E-state index contributed by atoms with van der Waals surface area (Å²) in [5.41, 5.74) is 1.46. The molecule has 0 unspecified atom stereocenters. The highest BCUT2D eigenvalue weighted by molar-refractivity contribution is 5.93. The van der Waals surface area contributed by atoms with Gasteiger partial charge in [-0.05, 0) is 18.1 Å². The fourth-order valence-electron chi connectivity index (χ4n) is 2.98. The van der Waals surface area contributed by atoms with Crippen LogP contribution < -0.4 is 0 Å². The Kier molecular flexibility index (Phi) is 4.30. The van der Waals surface area contributed by atoms with Crippen LogP contribution in [0.1, 0.15) is 18.1 Å². The zero-order valence-corrected chi connectivity index (χ0v) is 13.5. The molecule has 1 fully saturated rings. The van der Waals surface area contributed by atoms with E-state index in [4.69, 9.17) is 4.74 Å². The molecular weight excluding hydrogens is 286 g/mol. The maximum atomic E-state index is 12.5. The number of carbonyl (C=O) groups excluding carboxylic acids is 1. The summed E-state index contributed by atoms with van der Waals surface area (Å²) in [6.45, 7) is 2.46. The molecule has 0 spiro atoms. The molecule has 0 aliphatic carbocycles. The van der Waals surface area contributed by atoms with Crippen LogP contribution in [0.3, 0.4) is 0 Å². The Hall–Kier alpha value is -2.39. The van der Waals surface area contributed by atoms with Crippen LogP contribution in [-0.2, 0) is 16.1 Å². The summed E-state index contributed by atoms with van der Waals surface area (Å²) in [6.07, 6.45) is 4.11. The van der Waals surface area contributed by atoms with Gasteiger partial charge in [-0.2, -0.15) is 0 Å². The zero-order chi connectivity index (χ0) is 16.3. The van der Waals surface area contributed by atoms with Crippen molar-refractivity contribution in [2.45, 2.75) is 25.1 Å². The first-order valence-electron chi connectivity index (χ1n) is 7.78. The summed E-state index contributed by atoms with van der Waals surface area (Å²) in [5.74, 6) is 0.0339. The molecule has 23 heavy (non-hydrogen) atoms. The summed E-state index contributed by atoms with van der Waals surface area (Å²) in [5, 5.41) is 0. The molecule has 1 aliphatic heterocycles. The largest absolute Gasteiger partial charge is 0.366 e. The number of carbonyl (C=O) groups is 1. The average molecular weight is 307 g/mol. The highest BCUT2D eigenvalue weighted by Crippen LogP contribution is 2.36. The van der Waals surface area contributed by atoms with E-state index < -0.39 is 5.60 Å². The van der Waals surface area contributed by atoms with Crippen molar-refractivity contribution in [3.63, 3.8) is 0 Å². The monoisotopic (exact) mass is 307 g/mol. The molecule has 0 bridgehead atoms. The molecule has 3 nitrogen and oxygen atoms in total. The fraction of sp³-hybridized carbons (Fsp3) is 0.250. The first-order valence-corrected chi connectivity index (χ1v) is 7.78. The van der Waals surface area contributed by atoms with Gasteiger partial charge < -0.3 is 9.64 Å². The number of β-lactam (4-membered cyclic amide) rings is 1. The number of rotatable bonds is 5. The van der Waals surface area contributed by atoms with Crippen LogP contribution in [0.15, 0.2) is 66.7 Å². The highest BCUT2D eigenvalue weighted by Gasteiger charge is 2.56. The molecule has 3 rings (SSSR count). The smallest absolute Gasteiger partial charge is 0.257 e. The lowest BCUT2D eigenvalue weighted by atomic mass is 9.82. The van der Waals surface area contributed by atoms with E-state index in [0.29, 0.717) is 6.54 Å². The van der Waals surface area contributed by atoms with Crippen molar-refractivity contribution in [2.75, 3.05) is 7.11 Å². The second kappa shape index (κ2) is 6.39. The van der Waals surface area contributed by atoms with Gasteiger partial charge in [0.15, 0.2) is 5.60 Å². The summed E-state index contributed by atoms with van der Waals surface area (Å²) >= 11 is 0. The van der Waals surface area contributed by atoms with Gasteiger partial charge in [0, 0.05) is 13.7 Å². The number of ether oxygens (including phenoxy) is 1. The molecule has 2 aromatic carbocycles. The average Bonchev–Trinajstić information content (AvgIpc) is 2.62. The third-order valence-electron chi connectivity index (χ3n) is 4.48. The number of amides is 1. The van der Waals surface area contributed by atoms with Crippen molar-refractivity contribution in [1.82, 2.24) is 4.90 Å². The zero-order valence-electron chi connectivity index (χ0n) is 13.5. The molecule has 2 atom stereocenters. The Morgan fingerprint density at radius 3 is 2.30 bits per heavy atom. The Labute approximate surface area is 137 Å². The van der Waals surface area contributed by atoms with Gasteiger partial charge in [-0.1, -0.05) is 72.8 Å². The Morgan fingerprint density at radius 2 is 1.70 bits per heavy atom. The van der Waals surface area contributed by atoms with Gasteiger partial charge in [-0.3, -0.25) is 4.79 Å². The molecule has 0 aromatic heterocycles. The van der Waals surface area contributed by atoms with Gasteiger partial charge in [0.1, 0.15) is 0 Å². The van der Waals surface area contributed by atoms with Crippen LogP contribution >= 0.6 is 0 Å². The van der Waals surface area contributed by atoms with Crippen LogP contribution in [-0.4, -0.2) is 29.6 Å². The standard InChI is InChI=1S/C20H21NO2/c1-20(23-2)18(14-13-16-9-5-3-6-10-16)21(19(20)22)15-17-11-7-4-8-12-17/h3-14,18H,15H2,1-2H3/b14-13+/t18-,20+/m0/s1. The third kappa shape index (κ3) is 2.92. The van der Waals surface area contributed by atoms with Crippen molar-refractivity contribution in [1.29, 1.82) is 0 Å². The molecule has 0 saturated carbocycles. The summed E-state index contributed by atoms with van der Waals surface area (Å²) in [4.78, 5) is 14.4. The van der Waals surface area contributed by atoms with Crippen molar-refractivity contribution >= 4 is 12.0 Å². The van der Waals surface area contributed by atoms with Crippen LogP contribution in [0.25, 0.3) is 6.08 Å². The molecule has 118 valence electrons. The van der Waals surface area contributed by atoms with Gasteiger partial charge in [-0.25, -0.2) is 0 Å². The molecule has 0 radical (unpaired) electrons. The van der Waals surface area contributed by atoms with Gasteiger partial charge in [0.25, 0.3) is 5.91 Å². The van der Waals surface area contributed by atoms with E-state index in [-0.39, 0.29) is 11.9 Å². The first kappa shape index (κ1) is 15.5. The van der Waals surface area contributed by atoms with Crippen LogP contribution in [0, 0.1) is 0 Å². The van der Waals surface area contributed by atoms with Crippen molar-refractivity contribution in [3.8, 4) is 0 Å². The number of likely N-dealkylation sites (tertiary alicyclic amines) is 1. The molecule has 1 saturated heterocycles. The molecular formula is C20H21NO2. The lowest BCUT2D eigenvalue weighted by molar-refractivity contribution is -0.189.